The number of rotatable bonds is 3. The summed E-state index contributed by atoms with van der Waals surface area (Å²) < 4.78 is 0. The van der Waals surface area contributed by atoms with Crippen LogP contribution in [0.15, 0.2) is 0 Å². The van der Waals surface area contributed by atoms with E-state index in [0.29, 0.717) is 25.9 Å². The molecular weight excluding hydrogens is 296 g/mol. The largest absolute Gasteiger partial charge is 0.368 e. The van der Waals surface area contributed by atoms with Crippen LogP contribution in [0.2, 0.25) is 0 Å². The first-order chi connectivity index (χ1) is 11.0. The van der Waals surface area contributed by atoms with Crippen LogP contribution in [0.3, 0.4) is 0 Å². The van der Waals surface area contributed by atoms with Gasteiger partial charge in [0.1, 0.15) is 12.1 Å². The Bertz CT molecular complexity index is 510. The summed E-state index contributed by atoms with van der Waals surface area (Å²) in [5.41, 5.74) is 5.42. The Morgan fingerprint density at radius 3 is 1.83 bits per heavy atom. The number of carbonyl (C=O) groups excluding carboxylic acids is 3. The molecule has 3 amide bonds. The van der Waals surface area contributed by atoms with E-state index in [2.05, 4.69) is 4.90 Å². The van der Waals surface area contributed by atoms with E-state index in [1.165, 1.54) is 0 Å². The van der Waals surface area contributed by atoms with Crippen LogP contribution in [0.25, 0.3) is 0 Å². The molecule has 0 aliphatic carbocycles. The van der Waals surface area contributed by atoms with E-state index in [1.807, 2.05) is 7.05 Å². The second-order valence-corrected chi connectivity index (χ2v) is 6.92. The maximum absolute atomic E-state index is 12.9. The van der Waals surface area contributed by atoms with Crippen LogP contribution in [0.4, 0.5) is 0 Å². The van der Waals surface area contributed by atoms with Crippen LogP contribution in [0, 0.1) is 0 Å². The monoisotopic (exact) mass is 322 g/mol. The average molecular weight is 322 g/mol. The lowest BCUT2D eigenvalue weighted by atomic mass is 10.1. The molecule has 2 N–H and O–H groups in total. The SMILES string of the molecule is CN1CCCC1C(=O)N1CCCC1C(=O)N1CCCC1C(N)=O. The number of hydrogen-bond acceptors (Lipinski definition) is 4. The smallest absolute Gasteiger partial charge is 0.246 e. The molecule has 3 aliphatic rings. The molecule has 3 aliphatic heterocycles. The van der Waals surface area contributed by atoms with Gasteiger partial charge in [-0.25, -0.2) is 0 Å². The van der Waals surface area contributed by atoms with Crippen LogP contribution in [0.1, 0.15) is 38.5 Å². The molecule has 0 bridgehead atoms. The fourth-order valence-corrected chi connectivity index (χ4v) is 4.22. The molecule has 128 valence electrons. The van der Waals surface area contributed by atoms with Gasteiger partial charge in [0.2, 0.25) is 17.7 Å². The van der Waals surface area contributed by atoms with Gasteiger partial charge in [0.15, 0.2) is 0 Å². The standard InChI is InChI=1S/C16H26N4O3/c1-18-8-2-6-12(18)15(22)20-10-4-7-13(20)16(23)19-9-3-5-11(19)14(17)21/h11-13H,2-10H2,1H3,(H2,17,21). The van der Waals surface area contributed by atoms with Crippen molar-refractivity contribution in [2.24, 2.45) is 5.73 Å². The number of primary amides is 1. The zero-order valence-electron chi connectivity index (χ0n) is 13.7. The van der Waals surface area contributed by atoms with Crippen LogP contribution in [-0.2, 0) is 14.4 Å². The van der Waals surface area contributed by atoms with E-state index in [0.717, 1.165) is 32.2 Å². The number of amides is 3. The van der Waals surface area contributed by atoms with Gasteiger partial charge in [0, 0.05) is 13.1 Å². The number of likely N-dealkylation sites (tertiary alicyclic amines) is 3. The quantitative estimate of drug-likeness (QED) is 0.762. The first-order valence-electron chi connectivity index (χ1n) is 8.61. The van der Waals surface area contributed by atoms with Gasteiger partial charge in [-0.05, 0) is 52.1 Å². The van der Waals surface area contributed by atoms with Crippen LogP contribution < -0.4 is 5.73 Å². The molecule has 0 aromatic carbocycles. The van der Waals surface area contributed by atoms with Crippen molar-refractivity contribution in [1.82, 2.24) is 14.7 Å². The minimum Gasteiger partial charge on any atom is -0.368 e. The fourth-order valence-electron chi connectivity index (χ4n) is 4.22. The Morgan fingerprint density at radius 2 is 1.26 bits per heavy atom. The van der Waals surface area contributed by atoms with Crippen molar-refractivity contribution in [3.05, 3.63) is 0 Å². The van der Waals surface area contributed by atoms with Gasteiger partial charge in [0.05, 0.1) is 6.04 Å². The highest BCUT2D eigenvalue weighted by atomic mass is 16.2. The molecular formula is C16H26N4O3. The highest BCUT2D eigenvalue weighted by Gasteiger charge is 2.43. The summed E-state index contributed by atoms with van der Waals surface area (Å²) in [6.07, 6.45) is 4.84. The van der Waals surface area contributed by atoms with Gasteiger partial charge in [0.25, 0.3) is 0 Å². The van der Waals surface area contributed by atoms with Crippen molar-refractivity contribution >= 4 is 17.7 Å². The van der Waals surface area contributed by atoms with E-state index < -0.39 is 18.0 Å². The van der Waals surface area contributed by atoms with Gasteiger partial charge in [-0.1, -0.05) is 0 Å². The highest BCUT2D eigenvalue weighted by Crippen LogP contribution is 2.27. The molecule has 3 heterocycles. The van der Waals surface area contributed by atoms with Crippen molar-refractivity contribution in [1.29, 1.82) is 0 Å². The molecule has 0 aromatic heterocycles. The second-order valence-electron chi connectivity index (χ2n) is 6.92. The zero-order chi connectivity index (χ0) is 16.6. The van der Waals surface area contributed by atoms with Crippen LogP contribution >= 0.6 is 0 Å². The summed E-state index contributed by atoms with van der Waals surface area (Å²) in [5.74, 6) is -0.476. The number of hydrogen-bond donors (Lipinski definition) is 1. The molecule has 0 aromatic rings. The summed E-state index contributed by atoms with van der Waals surface area (Å²) in [6, 6.07) is -1.03. The van der Waals surface area contributed by atoms with Gasteiger partial charge in [-0.2, -0.15) is 0 Å². The first-order valence-corrected chi connectivity index (χ1v) is 8.61. The van der Waals surface area contributed by atoms with Crippen LogP contribution in [0.5, 0.6) is 0 Å². The van der Waals surface area contributed by atoms with Crippen molar-refractivity contribution in [3.8, 4) is 0 Å². The lowest BCUT2D eigenvalue weighted by Crippen LogP contribution is -2.54. The summed E-state index contributed by atoms with van der Waals surface area (Å²) >= 11 is 0. The van der Waals surface area contributed by atoms with Crippen molar-refractivity contribution < 1.29 is 14.4 Å². The fraction of sp³-hybridized carbons (Fsp3) is 0.812. The van der Waals surface area contributed by atoms with Crippen molar-refractivity contribution in [3.63, 3.8) is 0 Å². The predicted octanol–water partition coefficient (Wildman–Crippen LogP) is -0.452. The Kier molecular flexibility index (Phi) is 4.57. The lowest BCUT2D eigenvalue weighted by Gasteiger charge is -2.32. The van der Waals surface area contributed by atoms with E-state index in [4.69, 9.17) is 5.73 Å². The number of carbonyl (C=O) groups is 3. The van der Waals surface area contributed by atoms with E-state index >= 15 is 0 Å². The maximum atomic E-state index is 12.9. The van der Waals surface area contributed by atoms with E-state index in [9.17, 15) is 14.4 Å². The summed E-state index contributed by atoms with van der Waals surface area (Å²) in [6.45, 7) is 2.13. The maximum Gasteiger partial charge on any atom is 0.246 e. The third kappa shape index (κ3) is 2.94. The Balaban J connectivity index is 1.72. The molecule has 0 saturated carbocycles. The Labute approximate surface area is 136 Å². The first kappa shape index (κ1) is 16.2. The van der Waals surface area contributed by atoms with Crippen LogP contribution in [-0.4, -0.2) is 77.2 Å². The Hall–Kier alpha value is -1.63. The summed E-state index contributed by atoms with van der Waals surface area (Å²) in [4.78, 5) is 42.7. The van der Waals surface area contributed by atoms with Gasteiger partial charge >= 0.3 is 0 Å². The molecule has 3 saturated heterocycles. The van der Waals surface area contributed by atoms with Crippen molar-refractivity contribution in [2.75, 3.05) is 26.7 Å². The molecule has 3 fully saturated rings. The molecule has 7 nitrogen and oxygen atoms in total. The second kappa shape index (κ2) is 6.47. The molecule has 7 heteroatoms. The normalized spacial score (nSPS) is 31.8. The molecule has 23 heavy (non-hydrogen) atoms. The zero-order valence-corrected chi connectivity index (χ0v) is 13.7. The number of likely N-dealkylation sites (N-methyl/N-ethyl adjacent to an activating group) is 1. The summed E-state index contributed by atoms with van der Waals surface area (Å²) in [7, 11) is 1.96. The number of nitrogens with two attached hydrogens (primary N) is 1. The van der Waals surface area contributed by atoms with E-state index in [1.54, 1.807) is 9.80 Å². The highest BCUT2D eigenvalue weighted by molar-refractivity contribution is 5.93. The van der Waals surface area contributed by atoms with Gasteiger partial charge in [-0.3, -0.25) is 19.3 Å². The molecule has 3 rings (SSSR count). The van der Waals surface area contributed by atoms with Crippen molar-refractivity contribution in [2.45, 2.75) is 56.7 Å². The molecule has 0 radical (unpaired) electrons. The van der Waals surface area contributed by atoms with Gasteiger partial charge in [-0.15, -0.1) is 0 Å². The number of nitrogens with zero attached hydrogens (tertiary/aromatic N) is 3. The minimum absolute atomic E-state index is 0.0654. The molecule has 0 spiro atoms. The third-order valence-corrected chi connectivity index (χ3v) is 5.49. The lowest BCUT2D eigenvalue weighted by molar-refractivity contribution is -0.147. The molecule has 3 unspecified atom stereocenters. The minimum atomic E-state index is -0.505. The topological polar surface area (TPSA) is 87.0 Å². The molecule has 3 atom stereocenters. The third-order valence-electron chi connectivity index (χ3n) is 5.49. The average Bonchev–Trinajstić information content (AvgIpc) is 3.25. The van der Waals surface area contributed by atoms with Gasteiger partial charge < -0.3 is 15.5 Å². The predicted molar refractivity (Wildman–Crippen MR) is 84.3 cm³/mol. The van der Waals surface area contributed by atoms with E-state index in [-0.39, 0.29) is 17.9 Å². The Morgan fingerprint density at radius 1 is 0.783 bits per heavy atom. The summed E-state index contributed by atoms with van der Waals surface area (Å²) in [5, 5.41) is 0.